The molecule has 0 spiro atoms. The molecule has 1 amide bonds. The van der Waals surface area contributed by atoms with Crippen LogP contribution in [-0.2, 0) is 33.5 Å². The fraction of sp³-hybridized carbons (Fsp3) is 0.478. The Balaban J connectivity index is 1.73. The van der Waals surface area contributed by atoms with Gasteiger partial charge in [-0.15, -0.1) is 0 Å². The number of methoxy groups -OCH3 is 1. The van der Waals surface area contributed by atoms with Crippen LogP contribution in [0, 0.1) is 0 Å². The van der Waals surface area contributed by atoms with E-state index < -0.39 is 13.5 Å². The molecule has 0 aliphatic heterocycles. The molecular weight excluding hydrogens is 537 g/mol. The number of hydrogen-bond donors (Lipinski definition) is 4. The van der Waals surface area contributed by atoms with Crippen molar-refractivity contribution in [2.45, 2.75) is 39.9 Å². The maximum Gasteiger partial charge on any atom is 0.328 e. The Bertz CT molecular complexity index is 1340. The number of nitrogens with one attached hydrogen (secondary N) is 1. The van der Waals surface area contributed by atoms with Gasteiger partial charge in [0.25, 0.3) is 11.7 Å². The van der Waals surface area contributed by atoms with Crippen LogP contribution in [0.3, 0.4) is 0 Å². The summed E-state index contributed by atoms with van der Waals surface area (Å²) in [5.41, 5.74) is 13.2. The summed E-state index contributed by atoms with van der Waals surface area (Å²) in [4.78, 5) is 30.5. The zero-order chi connectivity index (χ0) is 27.9. The van der Waals surface area contributed by atoms with Crippen LogP contribution >= 0.6 is 19.2 Å². The molecule has 3 aromatic rings. The summed E-state index contributed by atoms with van der Waals surface area (Å²) < 4.78 is 31.9. The fourth-order valence-electron chi connectivity index (χ4n) is 3.99. The standard InChI is InChI=1S/C23H33ClN7O6P/c1-4-30-16-8-7-15(36-9-6-12-38(33,34)37-11-10-35-3)13-17(16)31(5-2)18(30)14-27-23(32)19-21(25)29-22(26)20(24)28-19/h7-8,13H,4-6,9-12,14H2,1-3H3,(H5-,25,26,27,29,32,33,34)/p+1. The number of nitrogens with zero attached hydrogens (tertiary/aromatic N) is 4. The van der Waals surface area contributed by atoms with E-state index in [-0.39, 0.29) is 55.0 Å². The number of aromatic nitrogens is 4. The van der Waals surface area contributed by atoms with Gasteiger partial charge < -0.3 is 35.7 Å². The zero-order valence-corrected chi connectivity index (χ0v) is 23.3. The number of fused-ring (bicyclic) bond motifs is 1. The lowest BCUT2D eigenvalue weighted by Gasteiger charge is -2.12. The van der Waals surface area contributed by atoms with E-state index >= 15 is 0 Å². The number of nitrogens with two attached hydrogens (primary N) is 2. The fourth-order valence-corrected chi connectivity index (χ4v) is 5.14. The number of aryl methyl sites for hydroxylation is 2. The highest BCUT2D eigenvalue weighted by Gasteiger charge is 2.25. The molecule has 0 aliphatic rings. The van der Waals surface area contributed by atoms with Gasteiger partial charge in [0.2, 0.25) is 0 Å². The van der Waals surface area contributed by atoms with Crippen LogP contribution in [0.4, 0.5) is 11.6 Å². The smallest absolute Gasteiger partial charge is 0.328 e. The molecule has 0 aliphatic carbocycles. The Morgan fingerprint density at radius 3 is 2.66 bits per heavy atom. The molecule has 2 heterocycles. The zero-order valence-electron chi connectivity index (χ0n) is 21.6. The van der Waals surface area contributed by atoms with Crippen LogP contribution in [0.25, 0.3) is 11.0 Å². The van der Waals surface area contributed by atoms with Gasteiger partial charge >= 0.3 is 7.60 Å². The van der Waals surface area contributed by atoms with Gasteiger partial charge in [-0.25, -0.2) is 19.1 Å². The first-order valence-corrected chi connectivity index (χ1v) is 14.3. The van der Waals surface area contributed by atoms with Gasteiger partial charge in [-0.2, -0.15) is 0 Å². The minimum atomic E-state index is -3.68. The summed E-state index contributed by atoms with van der Waals surface area (Å²) in [6, 6.07) is 5.70. The molecule has 13 nitrogen and oxygen atoms in total. The van der Waals surface area contributed by atoms with E-state index in [2.05, 4.69) is 24.4 Å². The second-order valence-corrected chi connectivity index (χ2v) is 10.6. The van der Waals surface area contributed by atoms with Crippen molar-refractivity contribution in [3.63, 3.8) is 0 Å². The van der Waals surface area contributed by atoms with Gasteiger partial charge in [0.1, 0.15) is 12.3 Å². The number of benzene rings is 1. The Morgan fingerprint density at radius 1 is 1.21 bits per heavy atom. The minimum absolute atomic E-state index is 0.0158. The monoisotopic (exact) mass is 570 g/mol. The third-order valence-corrected chi connectivity index (χ3v) is 7.49. The molecule has 1 unspecified atom stereocenters. The quantitative estimate of drug-likeness (QED) is 0.127. The number of carbonyl (C=O) groups excluding carboxylic acids is 1. The molecule has 3 rings (SSSR count). The van der Waals surface area contributed by atoms with Crippen LogP contribution in [0.5, 0.6) is 5.75 Å². The number of hydrogen-bond acceptors (Lipinski definition) is 9. The molecule has 0 radical (unpaired) electrons. The summed E-state index contributed by atoms with van der Waals surface area (Å²) >= 11 is 5.91. The molecule has 6 N–H and O–H groups in total. The minimum Gasteiger partial charge on any atom is -0.493 e. The lowest BCUT2D eigenvalue weighted by atomic mass is 10.3. The third kappa shape index (κ3) is 7.12. The van der Waals surface area contributed by atoms with Crippen molar-refractivity contribution in [2.24, 2.45) is 0 Å². The van der Waals surface area contributed by atoms with E-state index in [1.807, 2.05) is 32.0 Å². The highest BCUT2D eigenvalue weighted by atomic mass is 35.5. The third-order valence-electron chi connectivity index (χ3n) is 5.75. The second-order valence-electron chi connectivity index (χ2n) is 8.26. The maximum absolute atomic E-state index is 12.8. The molecule has 1 aromatic carbocycles. The number of halogens is 1. The molecule has 1 atom stereocenters. The first kappa shape index (κ1) is 29.6. The average Bonchev–Trinajstić information content (AvgIpc) is 3.19. The lowest BCUT2D eigenvalue weighted by molar-refractivity contribution is -0.676. The van der Waals surface area contributed by atoms with E-state index in [1.54, 1.807) is 0 Å². The van der Waals surface area contributed by atoms with E-state index in [4.69, 9.17) is 37.1 Å². The molecular formula is C23H34ClN7O6P+. The molecule has 0 saturated carbocycles. The second kappa shape index (κ2) is 13.2. The Labute approximate surface area is 225 Å². The van der Waals surface area contributed by atoms with Gasteiger partial charge in [0.05, 0.1) is 39.1 Å². The normalized spacial score (nSPS) is 13.0. The SMILES string of the molecule is CCn1c(CNC(=O)c2nc(Cl)c(N)nc2N)[n+](CC)c2ccc(OCCCP(=O)(O)OCCOC)cc21. The van der Waals surface area contributed by atoms with Crippen LogP contribution in [0.1, 0.15) is 36.6 Å². The number of imidazole rings is 1. The molecule has 15 heteroatoms. The van der Waals surface area contributed by atoms with Crippen LogP contribution < -0.4 is 26.1 Å². The van der Waals surface area contributed by atoms with Crippen molar-refractivity contribution < 1.29 is 32.8 Å². The summed E-state index contributed by atoms with van der Waals surface area (Å²) in [7, 11) is -2.19. The van der Waals surface area contributed by atoms with E-state index in [0.717, 1.165) is 16.9 Å². The number of rotatable bonds is 14. The van der Waals surface area contributed by atoms with Crippen molar-refractivity contribution in [3.8, 4) is 5.75 Å². The number of anilines is 2. The van der Waals surface area contributed by atoms with Gasteiger partial charge in [-0.3, -0.25) is 9.36 Å². The summed E-state index contributed by atoms with van der Waals surface area (Å²) in [6.07, 6.45) is 0.332. The predicted octanol–water partition coefficient (Wildman–Crippen LogP) is 2.12. The van der Waals surface area contributed by atoms with Crippen molar-refractivity contribution in [1.82, 2.24) is 19.9 Å². The first-order chi connectivity index (χ1) is 18.1. The van der Waals surface area contributed by atoms with Crippen LogP contribution in [0.15, 0.2) is 18.2 Å². The topological polar surface area (TPSA) is 181 Å². The summed E-state index contributed by atoms with van der Waals surface area (Å²) in [6.45, 7) is 6.08. The first-order valence-electron chi connectivity index (χ1n) is 12.1. The number of nitrogen functional groups attached to an aromatic ring is 2. The van der Waals surface area contributed by atoms with Gasteiger partial charge in [0.15, 0.2) is 33.5 Å². The van der Waals surface area contributed by atoms with E-state index in [0.29, 0.717) is 25.3 Å². The van der Waals surface area contributed by atoms with Crippen LogP contribution in [-0.4, -0.2) is 58.4 Å². The van der Waals surface area contributed by atoms with Crippen molar-refractivity contribution >= 4 is 47.8 Å². The molecule has 208 valence electrons. The molecule has 0 bridgehead atoms. The van der Waals surface area contributed by atoms with E-state index in [9.17, 15) is 14.3 Å². The summed E-state index contributed by atoms with van der Waals surface area (Å²) in [5, 5.41) is 2.74. The Kier molecular flexibility index (Phi) is 10.3. The Morgan fingerprint density at radius 2 is 1.97 bits per heavy atom. The van der Waals surface area contributed by atoms with Crippen molar-refractivity contribution in [3.05, 3.63) is 34.9 Å². The molecule has 0 fully saturated rings. The van der Waals surface area contributed by atoms with Crippen molar-refractivity contribution in [1.29, 1.82) is 0 Å². The molecule has 38 heavy (non-hydrogen) atoms. The molecule has 2 aromatic heterocycles. The largest absolute Gasteiger partial charge is 0.493 e. The highest BCUT2D eigenvalue weighted by Crippen LogP contribution is 2.42. The van der Waals surface area contributed by atoms with Gasteiger partial charge in [-0.05, 0) is 32.4 Å². The highest BCUT2D eigenvalue weighted by molar-refractivity contribution is 7.52. The summed E-state index contributed by atoms with van der Waals surface area (Å²) in [5.74, 6) is 0.803. The number of carbonyl (C=O) groups is 1. The number of amides is 1. The van der Waals surface area contributed by atoms with Crippen molar-refractivity contribution in [2.75, 3.05) is 44.6 Å². The predicted molar refractivity (Wildman–Crippen MR) is 143 cm³/mol. The van der Waals surface area contributed by atoms with E-state index in [1.165, 1.54) is 7.11 Å². The lowest BCUT2D eigenvalue weighted by Crippen LogP contribution is -2.40. The number of ether oxygens (including phenoxy) is 2. The Hall–Kier alpha value is -2.96. The van der Waals surface area contributed by atoms with Crippen LogP contribution in [0.2, 0.25) is 5.15 Å². The maximum atomic E-state index is 12.8. The van der Waals surface area contributed by atoms with Gasteiger partial charge in [-0.1, -0.05) is 11.6 Å². The average molecular weight is 571 g/mol. The van der Waals surface area contributed by atoms with Gasteiger partial charge in [0, 0.05) is 13.2 Å². The molecule has 0 saturated heterocycles.